The molecule has 4 rings (SSSR count). The smallest absolute Gasteiger partial charge is 0.285 e. The van der Waals surface area contributed by atoms with Gasteiger partial charge in [-0.2, -0.15) is 4.99 Å². The van der Waals surface area contributed by atoms with Crippen molar-refractivity contribution in [3.8, 4) is 5.75 Å². The van der Waals surface area contributed by atoms with Gasteiger partial charge in [-0.05, 0) is 49.2 Å². The number of nitrogens with zero attached hydrogens (tertiary/aromatic N) is 2. The van der Waals surface area contributed by atoms with Crippen LogP contribution in [0.25, 0.3) is 0 Å². The van der Waals surface area contributed by atoms with Crippen LogP contribution in [0.5, 0.6) is 5.75 Å². The Hall–Kier alpha value is -1.84. The van der Waals surface area contributed by atoms with Crippen LogP contribution in [0.2, 0.25) is 0 Å². The highest BCUT2D eigenvalue weighted by atomic mass is 79.9. The van der Waals surface area contributed by atoms with E-state index in [2.05, 4.69) is 20.9 Å². The minimum atomic E-state index is -3.11. The highest BCUT2D eigenvalue weighted by Crippen LogP contribution is 2.43. The lowest BCUT2D eigenvalue weighted by molar-refractivity contribution is -0.119. The van der Waals surface area contributed by atoms with E-state index in [-0.39, 0.29) is 29.4 Å². The van der Waals surface area contributed by atoms with Crippen LogP contribution in [0.3, 0.4) is 0 Å². The molecule has 2 fully saturated rings. The van der Waals surface area contributed by atoms with Crippen LogP contribution >= 0.6 is 27.7 Å². The maximum Gasteiger partial charge on any atom is 0.285 e. The third kappa shape index (κ3) is 4.43. The number of para-hydroxylation sites is 1. The van der Waals surface area contributed by atoms with Crippen LogP contribution < -0.4 is 9.64 Å². The zero-order chi connectivity index (χ0) is 21.5. The number of rotatable bonds is 4. The molecule has 9 heteroatoms. The van der Waals surface area contributed by atoms with E-state index >= 15 is 0 Å². The van der Waals surface area contributed by atoms with Crippen molar-refractivity contribution in [2.24, 2.45) is 4.99 Å². The van der Waals surface area contributed by atoms with Crippen LogP contribution in [0.15, 0.2) is 51.9 Å². The van der Waals surface area contributed by atoms with Crippen molar-refractivity contribution in [1.82, 2.24) is 0 Å². The van der Waals surface area contributed by atoms with E-state index in [0.29, 0.717) is 10.9 Å². The third-order valence-corrected chi connectivity index (χ3v) is 8.76. The number of anilines is 1. The van der Waals surface area contributed by atoms with Crippen molar-refractivity contribution in [3.05, 3.63) is 58.1 Å². The average molecular weight is 509 g/mol. The van der Waals surface area contributed by atoms with Gasteiger partial charge in [0, 0.05) is 15.4 Å². The molecule has 0 bridgehead atoms. The second kappa shape index (κ2) is 8.36. The van der Waals surface area contributed by atoms with Crippen LogP contribution in [0, 0.1) is 13.8 Å². The van der Waals surface area contributed by atoms with Crippen LogP contribution in [0.1, 0.15) is 11.1 Å². The Morgan fingerprint density at radius 3 is 2.53 bits per heavy atom. The lowest BCUT2D eigenvalue weighted by atomic mass is 10.1. The summed E-state index contributed by atoms with van der Waals surface area (Å²) in [6, 6.07) is 12.8. The van der Waals surface area contributed by atoms with E-state index in [1.54, 1.807) is 12.1 Å². The fourth-order valence-electron chi connectivity index (χ4n) is 3.91. The zero-order valence-electron chi connectivity index (χ0n) is 16.5. The summed E-state index contributed by atoms with van der Waals surface area (Å²) in [7, 11) is -3.11. The van der Waals surface area contributed by atoms with Crippen molar-refractivity contribution >= 4 is 54.3 Å². The summed E-state index contributed by atoms with van der Waals surface area (Å²) in [5.74, 6) is 0.361. The van der Waals surface area contributed by atoms with Gasteiger partial charge in [0.25, 0.3) is 5.91 Å². The molecule has 2 saturated heterocycles. The molecular weight excluding hydrogens is 488 g/mol. The maximum atomic E-state index is 12.5. The number of halogens is 1. The zero-order valence-corrected chi connectivity index (χ0v) is 19.8. The normalized spacial score (nSPS) is 23.6. The molecule has 2 heterocycles. The van der Waals surface area contributed by atoms with Crippen LogP contribution in [-0.4, -0.2) is 48.9 Å². The van der Waals surface area contributed by atoms with Gasteiger partial charge in [0.15, 0.2) is 21.6 Å². The van der Waals surface area contributed by atoms with Gasteiger partial charge in [-0.3, -0.25) is 4.79 Å². The molecule has 0 radical (unpaired) electrons. The molecule has 30 heavy (non-hydrogen) atoms. The summed E-state index contributed by atoms with van der Waals surface area (Å²) < 4.78 is 31.0. The van der Waals surface area contributed by atoms with Gasteiger partial charge in [0.2, 0.25) is 0 Å². The number of hydrogen-bond acceptors (Lipinski definition) is 5. The minimum absolute atomic E-state index is 0.0628. The molecule has 0 saturated carbocycles. The number of ether oxygens (including phenoxy) is 1. The second-order valence-electron chi connectivity index (χ2n) is 7.45. The van der Waals surface area contributed by atoms with E-state index in [1.165, 1.54) is 11.8 Å². The number of fused-ring (bicyclic) bond motifs is 1. The van der Waals surface area contributed by atoms with Crippen molar-refractivity contribution in [2.75, 3.05) is 23.0 Å². The van der Waals surface area contributed by atoms with Gasteiger partial charge in [-0.15, -0.1) is 0 Å². The first-order chi connectivity index (χ1) is 14.2. The standard InChI is InChI=1S/C21H21BrN2O4S2/c1-13-8-15(22)9-14(2)20(13)24-17-11-30(26,27)12-18(17)29-21(24)23-19(25)10-28-16-6-4-3-5-7-16/h3-9,17-18H,10-12H2,1-2H3/t17-,18+/m0/s1. The predicted octanol–water partition coefficient (Wildman–Crippen LogP) is 3.75. The van der Waals surface area contributed by atoms with Gasteiger partial charge in [0.1, 0.15) is 5.75 Å². The summed E-state index contributed by atoms with van der Waals surface area (Å²) in [5.41, 5.74) is 2.90. The molecule has 2 atom stereocenters. The van der Waals surface area contributed by atoms with Gasteiger partial charge in [-0.25, -0.2) is 8.42 Å². The average Bonchev–Trinajstić information content (AvgIpc) is 3.12. The molecular formula is C21H21BrN2O4S2. The van der Waals surface area contributed by atoms with E-state index < -0.39 is 15.7 Å². The lowest BCUT2D eigenvalue weighted by Gasteiger charge is -2.28. The monoisotopic (exact) mass is 508 g/mol. The molecule has 0 aromatic heterocycles. The SMILES string of the molecule is Cc1cc(Br)cc(C)c1N1C(=NC(=O)COc2ccccc2)S[C@@H]2CS(=O)(=O)C[C@@H]21. The Kier molecular flexibility index (Phi) is 5.96. The predicted molar refractivity (Wildman–Crippen MR) is 124 cm³/mol. The van der Waals surface area contributed by atoms with Crippen LogP contribution in [0.4, 0.5) is 5.69 Å². The number of aliphatic imine (C=N–C) groups is 1. The van der Waals surface area contributed by atoms with E-state index in [9.17, 15) is 13.2 Å². The van der Waals surface area contributed by atoms with Gasteiger partial charge >= 0.3 is 0 Å². The highest BCUT2D eigenvalue weighted by molar-refractivity contribution is 9.10. The number of hydrogen-bond donors (Lipinski definition) is 0. The summed E-state index contributed by atoms with van der Waals surface area (Å²) >= 11 is 4.87. The molecule has 158 valence electrons. The molecule has 2 aliphatic rings. The Bertz CT molecular complexity index is 1100. The quantitative estimate of drug-likeness (QED) is 0.625. The molecule has 0 N–H and O–H groups in total. The van der Waals surface area contributed by atoms with Crippen molar-refractivity contribution in [2.45, 2.75) is 25.1 Å². The minimum Gasteiger partial charge on any atom is -0.484 e. The first-order valence-corrected chi connectivity index (χ1v) is 13.0. The fourth-order valence-corrected chi connectivity index (χ4v) is 8.51. The molecule has 0 aliphatic carbocycles. The van der Waals surface area contributed by atoms with E-state index in [4.69, 9.17) is 4.74 Å². The van der Waals surface area contributed by atoms with Crippen molar-refractivity contribution in [3.63, 3.8) is 0 Å². The Morgan fingerprint density at radius 1 is 1.20 bits per heavy atom. The summed E-state index contributed by atoms with van der Waals surface area (Å²) in [6.45, 7) is 3.78. The number of thioether (sulfide) groups is 1. The van der Waals surface area contributed by atoms with E-state index in [1.807, 2.05) is 49.1 Å². The first-order valence-electron chi connectivity index (χ1n) is 9.46. The maximum absolute atomic E-state index is 12.5. The molecule has 0 spiro atoms. The van der Waals surface area contributed by atoms with Gasteiger partial charge < -0.3 is 9.64 Å². The van der Waals surface area contributed by atoms with Crippen molar-refractivity contribution < 1.29 is 17.9 Å². The summed E-state index contributed by atoms with van der Waals surface area (Å²) in [6.07, 6.45) is 0. The number of amidine groups is 1. The Balaban J connectivity index is 1.65. The molecule has 2 aliphatic heterocycles. The van der Waals surface area contributed by atoms with E-state index in [0.717, 1.165) is 21.3 Å². The number of carbonyl (C=O) groups excluding carboxylic acids is 1. The molecule has 0 unspecified atom stereocenters. The topological polar surface area (TPSA) is 76.0 Å². The van der Waals surface area contributed by atoms with Gasteiger partial charge in [0.05, 0.1) is 17.5 Å². The fraction of sp³-hybridized carbons (Fsp3) is 0.333. The number of aryl methyl sites for hydroxylation is 2. The third-order valence-electron chi connectivity index (χ3n) is 5.09. The van der Waals surface area contributed by atoms with Gasteiger partial charge in [-0.1, -0.05) is 45.9 Å². The first kappa shape index (κ1) is 21.4. The highest BCUT2D eigenvalue weighted by Gasteiger charge is 2.50. The molecule has 6 nitrogen and oxygen atoms in total. The number of carbonyl (C=O) groups is 1. The lowest BCUT2D eigenvalue weighted by Crippen LogP contribution is -2.38. The molecule has 2 aromatic carbocycles. The summed E-state index contributed by atoms with van der Waals surface area (Å²) in [4.78, 5) is 18.8. The molecule has 1 amide bonds. The summed E-state index contributed by atoms with van der Waals surface area (Å²) in [5, 5.41) is 0.397. The number of benzene rings is 2. The second-order valence-corrected chi connectivity index (χ2v) is 11.7. The molecule has 2 aromatic rings. The Labute approximate surface area is 188 Å². The Morgan fingerprint density at radius 2 is 1.87 bits per heavy atom. The van der Waals surface area contributed by atoms with Crippen LogP contribution in [-0.2, 0) is 14.6 Å². The van der Waals surface area contributed by atoms with Crippen molar-refractivity contribution in [1.29, 1.82) is 0 Å². The number of sulfone groups is 1. The number of amides is 1. The largest absolute Gasteiger partial charge is 0.484 e.